The third-order valence-corrected chi connectivity index (χ3v) is 4.55. The van der Waals surface area contributed by atoms with Crippen LogP contribution in [0.3, 0.4) is 0 Å². The van der Waals surface area contributed by atoms with Gasteiger partial charge in [0.15, 0.2) is 0 Å². The summed E-state index contributed by atoms with van der Waals surface area (Å²) in [7, 11) is 2.09. The Labute approximate surface area is 102 Å². The second-order valence-corrected chi connectivity index (χ2v) is 6.10. The molecule has 1 saturated heterocycles. The summed E-state index contributed by atoms with van der Waals surface area (Å²) < 4.78 is 0. The molecule has 0 aromatic rings. The third kappa shape index (κ3) is 3.74. The Balaban J connectivity index is 2.36. The van der Waals surface area contributed by atoms with Gasteiger partial charge < -0.3 is 10.2 Å². The lowest BCUT2D eigenvalue weighted by atomic mass is 9.78. The van der Waals surface area contributed by atoms with Crippen LogP contribution < -0.4 is 5.32 Å². The molecule has 1 aliphatic rings. The summed E-state index contributed by atoms with van der Waals surface area (Å²) in [6, 6.07) is 0.644. The Morgan fingerprint density at radius 2 is 1.81 bits per heavy atom. The average Bonchev–Trinajstić information content (AvgIpc) is 2.28. The molecule has 1 N–H and O–H groups in total. The minimum Gasteiger partial charge on any atom is -0.315 e. The monoisotopic (exact) mass is 226 g/mol. The van der Waals surface area contributed by atoms with Gasteiger partial charge in [0.25, 0.3) is 0 Å². The van der Waals surface area contributed by atoms with Crippen molar-refractivity contribution in [2.75, 3.05) is 26.7 Å². The summed E-state index contributed by atoms with van der Waals surface area (Å²) in [6.45, 7) is 13.2. The van der Waals surface area contributed by atoms with Crippen LogP contribution in [0, 0.1) is 11.3 Å². The second kappa shape index (κ2) is 6.02. The van der Waals surface area contributed by atoms with Crippen molar-refractivity contribution in [2.24, 2.45) is 11.3 Å². The standard InChI is InChI=1S/C14H30N2/c1-6-14(4)7-9-16(10-8-14)11-13(15-5)12(2)3/h12-13,15H,6-11H2,1-5H3. The van der Waals surface area contributed by atoms with Crippen LogP contribution in [-0.2, 0) is 0 Å². The van der Waals surface area contributed by atoms with Crippen LogP contribution >= 0.6 is 0 Å². The summed E-state index contributed by atoms with van der Waals surface area (Å²) in [5.41, 5.74) is 0.615. The fraction of sp³-hybridized carbons (Fsp3) is 1.00. The van der Waals surface area contributed by atoms with Crippen LogP contribution in [0.5, 0.6) is 0 Å². The topological polar surface area (TPSA) is 15.3 Å². The quantitative estimate of drug-likeness (QED) is 0.775. The number of nitrogens with zero attached hydrogens (tertiary/aromatic N) is 1. The average molecular weight is 226 g/mol. The Morgan fingerprint density at radius 3 is 2.19 bits per heavy atom. The van der Waals surface area contributed by atoms with Crippen LogP contribution in [0.15, 0.2) is 0 Å². The first-order valence-corrected chi connectivity index (χ1v) is 6.90. The summed E-state index contributed by atoms with van der Waals surface area (Å²) in [4.78, 5) is 2.64. The van der Waals surface area contributed by atoms with E-state index in [1.165, 1.54) is 38.9 Å². The highest BCUT2D eigenvalue weighted by Gasteiger charge is 2.29. The van der Waals surface area contributed by atoms with Gasteiger partial charge >= 0.3 is 0 Å². The van der Waals surface area contributed by atoms with E-state index in [1.54, 1.807) is 0 Å². The molecule has 96 valence electrons. The van der Waals surface area contributed by atoms with Gasteiger partial charge in [-0.2, -0.15) is 0 Å². The van der Waals surface area contributed by atoms with Crippen molar-refractivity contribution >= 4 is 0 Å². The largest absolute Gasteiger partial charge is 0.315 e. The fourth-order valence-electron chi connectivity index (χ4n) is 2.54. The summed E-state index contributed by atoms with van der Waals surface area (Å²) >= 11 is 0. The molecule has 1 heterocycles. The molecule has 0 saturated carbocycles. The predicted octanol–water partition coefficient (Wildman–Crippen LogP) is 2.74. The van der Waals surface area contributed by atoms with Crippen molar-refractivity contribution in [3.05, 3.63) is 0 Å². The number of hydrogen-bond donors (Lipinski definition) is 1. The highest BCUT2D eigenvalue weighted by Crippen LogP contribution is 2.33. The van der Waals surface area contributed by atoms with Crippen LogP contribution in [0.4, 0.5) is 0 Å². The van der Waals surface area contributed by atoms with Gasteiger partial charge in [-0.1, -0.05) is 34.1 Å². The molecule has 0 bridgehead atoms. The van der Waals surface area contributed by atoms with E-state index in [2.05, 4.69) is 45.0 Å². The fourth-order valence-corrected chi connectivity index (χ4v) is 2.54. The van der Waals surface area contributed by atoms with Crippen LogP contribution in [0.2, 0.25) is 0 Å². The molecule has 1 fully saturated rings. The van der Waals surface area contributed by atoms with E-state index < -0.39 is 0 Å². The summed E-state index contributed by atoms with van der Waals surface area (Å²) in [5.74, 6) is 0.726. The maximum atomic E-state index is 3.44. The molecule has 0 spiro atoms. The first-order chi connectivity index (χ1) is 7.50. The molecular weight excluding hydrogens is 196 g/mol. The molecule has 0 amide bonds. The maximum absolute atomic E-state index is 3.44. The minimum absolute atomic E-state index is 0.615. The van der Waals surface area contributed by atoms with Crippen molar-refractivity contribution in [3.63, 3.8) is 0 Å². The molecule has 0 aromatic heterocycles. The van der Waals surface area contributed by atoms with E-state index in [0.717, 1.165) is 5.92 Å². The minimum atomic E-state index is 0.615. The van der Waals surface area contributed by atoms with E-state index in [0.29, 0.717) is 11.5 Å². The smallest absolute Gasteiger partial charge is 0.0214 e. The Kier molecular flexibility index (Phi) is 5.26. The first kappa shape index (κ1) is 14.0. The lowest BCUT2D eigenvalue weighted by Gasteiger charge is -2.40. The maximum Gasteiger partial charge on any atom is 0.0214 e. The van der Waals surface area contributed by atoms with Gasteiger partial charge in [0.1, 0.15) is 0 Å². The normalized spacial score (nSPS) is 23.6. The van der Waals surface area contributed by atoms with Gasteiger partial charge in [0.05, 0.1) is 0 Å². The zero-order valence-electron chi connectivity index (χ0n) is 11.8. The Bertz CT molecular complexity index is 193. The van der Waals surface area contributed by atoms with Gasteiger partial charge in [-0.25, -0.2) is 0 Å². The number of likely N-dealkylation sites (tertiary alicyclic amines) is 1. The Hall–Kier alpha value is -0.0800. The van der Waals surface area contributed by atoms with Crippen molar-refractivity contribution in [2.45, 2.75) is 53.0 Å². The van der Waals surface area contributed by atoms with Crippen LogP contribution in [0.25, 0.3) is 0 Å². The highest BCUT2D eigenvalue weighted by atomic mass is 15.2. The number of likely N-dealkylation sites (N-methyl/N-ethyl adjacent to an activating group) is 1. The molecule has 2 nitrogen and oxygen atoms in total. The van der Waals surface area contributed by atoms with Crippen molar-refractivity contribution in [3.8, 4) is 0 Å². The van der Waals surface area contributed by atoms with E-state index in [-0.39, 0.29) is 0 Å². The first-order valence-electron chi connectivity index (χ1n) is 6.90. The zero-order chi connectivity index (χ0) is 12.2. The van der Waals surface area contributed by atoms with E-state index in [1.807, 2.05) is 0 Å². The van der Waals surface area contributed by atoms with Crippen molar-refractivity contribution < 1.29 is 0 Å². The zero-order valence-corrected chi connectivity index (χ0v) is 11.8. The summed E-state index contributed by atoms with van der Waals surface area (Å²) in [5, 5.41) is 3.44. The molecular formula is C14H30N2. The molecule has 1 rings (SSSR count). The number of nitrogens with one attached hydrogen (secondary N) is 1. The van der Waals surface area contributed by atoms with Crippen LogP contribution in [-0.4, -0.2) is 37.6 Å². The molecule has 0 aromatic carbocycles. The molecule has 1 atom stereocenters. The van der Waals surface area contributed by atoms with Crippen LogP contribution in [0.1, 0.15) is 47.0 Å². The lowest BCUT2D eigenvalue weighted by Crippen LogP contribution is -2.47. The summed E-state index contributed by atoms with van der Waals surface area (Å²) in [6.07, 6.45) is 4.08. The SMILES string of the molecule is CCC1(C)CCN(CC(NC)C(C)C)CC1. The van der Waals surface area contributed by atoms with E-state index >= 15 is 0 Å². The van der Waals surface area contributed by atoms with E-state index in [4.69, 9.17) is 0 Å². The van der Waals surface area contributed by atoms with Crippen molar-refractivity contribution in [1.82, 2.24) is 10.2 Å². The molecule has 0 aliphatic carbocycles. The van der Waals surface area contributed by atoms with Gasteiger partial charge in [-0.05, 0) is 44.3 Å². The van der Waals surface area contributed by atoms with Gasteiger partial charge in [0, 0.05) is 12.6 Å². The molecule has 1 aliphatic heterocycles. The molecule has 0 radical (unpaired) electrons. The molecule has 1 unspecified atom stereocenters. The molecule has 2 heteroatoms. The van der Waals surface area contributed by atoms with Gasteiger partial charge in [-0.3, -0.25) is 0 Å². The Morgan fingerprint density at radius 1 is 1.25 bits per heavy atom. The number of rotatable bonds is 5. The second-order valence-electron chi connectivity index (χ2n) is 6.10. The van der Waals surface area contributed by atoms with E-state index in [9.17, 15) is 0 Å². The highest BCUT2D eigenvalue weighted by molar-refractivity contribution is 4.83. The van der Waals surface area contributed by atoms with Gasteiger partial charge in [-0.15, -0.1) is 0 Å². The molecule has 16 heavy (non-hydrogen) atoms. The number of piperidine rings is 1. The van der Waals surface area contributed by atoms with Crippen molar-refractivity contribution in [1.29, 1.82) is 0 Å². The van der Waals surface area contributed by atoms with Gasteiger partial charge in [0.2, 0.25) is 0 Å². The third-order valence-electron chi connectivity index (χ3n) is 4.55. The number of hydrogen-bond acceptors (Lipinski definition) is 2. The predicted molar refractivity (Wildman–Crippen MR) is 71.8 cm³/mol. The lowest BCUT2D eigenvalue weighted by molar-refractivity contribution is 0.102.